The minimum Gasteiger partial charge on any atom is -0.319 e. The summed E-state index contributed by atoms with van der Waals surface area (Å²) in [4.78, 5) is 21.4. The average molecular weight is 1030 g/mol. The molecule has 15 rings (SSSR count). The average Bonchev–Trinajstić information content (AvgIpc) is 4.39. The number of hydrogen-bond donors (Lipinski definition) is 0. The standard InChI is InChI=1S/C73H42N8/c1-74-53-16-12-14-51(40-53)64-45-63(77-73(78-64)52-15-13-17-54(41-52)75-2)49-32-30-47(31-33-49)46-26-28-48(29-27-46)50-34-37-72(65(42-50)76-3)81-70-38-35-55(79-66-22-8-4-18-57(66)58-19-5-9-23-67(58)79)43-61(70)62-44-56(36-39-71(62)81)80-68-24-10-6-20-59(68)60-21-7-11-25-69(60)80/h4-45H. The summed E-state index contributed by atoms with van der Waals surface area (Å²) in [5.74, 6) is 0.500. The maximum absolute atomic E-state index is 8.67. The third-order valence-electron chi connectivity index (χ3n) is 15.7. The third kappa shape index (κ3) is 7.73. The molecule has 15 aromatic rings. The molecule has 0 fully saturated rings. The third-order valence-corrected chi connectivity index (χ3v) is 15.7. The van der Waals surface area contributed by atoms with Crippen LogP contribution in [0.4, 0.5) is 17.1 Å². The molecule has 8 heteroatoms. The van der Waals surface area contributed by atoms with E-state index in [9.17, 15) is 0 Å². The van der Waals surface area contributed by atoms with Crippen molar-refractivity contribution < 1.29 is 0 Å². The topological polar surface area (TPSA) is 53.6 Å². The summed E-state index contributed by atoms with van der Waals surface area (Å²) >= 11 is 0. The van der Waals surface area contributed by atoms with Gasteiger partial charge >= 0.3 is 0 Å². The van der Waals surface area contributed by atoms with Crippen molar-refractivity contribution in [2.45, 2.75) is 0 Å². The predicted octanol–water partition coefficient (Wildman–Crippen LogP) is 19.8. The summed E-state index contributed by atoms with van der Waals surface area (Å²) in [6, 6.07) is 87.8. The molecule has 0 aliphatic heterocycles. The van der Waals surface area contributed by atoms with Crippen LogP contribution in [0.1, 0.15) is 0 Å². The van der Waals surface area contributed by atoms with E-state index in [1.165, 1.54) is 21.5 Å². The van der Waals surface area contributed by atoms with Crippen LogP contribution < -0.4 is 0 Å². The largest absolute Gasteiger partial charge is 0.319 e. The van der Waals surface area contributed by atoms with E-state index < -0.39 is 0 Å². The number of aromatic nitrogens is 5. The predicted molar refractivity (Wildman–Crippen MR) is 331 cm³/mol. The number of fused-ring (bicyclic) bond motifs is 9. The monoisotopic (exact) mass is 1030 g/mol. The highest BCUT2D eigenvalue weighted by Gasteiger charge is 2.21. The first-order valence-corrected chi connectivity index (χ1v) is 26.6. The van der Waals surface area contributed by atoms with Crippen LogP contribution >= 0.6 is 0 Å². The van der Waals surface area contributed by atoms with Crippen LogP contribution in [0.15, 0.2) is 255 Å². The summed E-state index contributed by atoms with van der Waals surface area (Å²) in [6.07, 6.45) is 0. The molecule has 0 spiro atoms. The lowest BCUT2D eigenvalue weighted by molar-refractivity contribution is 1.16. The Kier molecular flexibility index (Phi) is 10.8. The quantitative estimate of drug-likeness (QED) is 0.142. The van der Waals surface area contributed by atoms with Gasteiger partial charge in [-0.25, -0.2) is 24.5 Å². The van der Waals surface area contributed by atoms with Gasteiger partial charge in [0.15, 0.2) is 17.2 Å². The maximum atomic E-state index is 8.67. The van der Waals surface area contributed by atoms with Gasteiger partial charge in [0, 0.05) is 54.8 Å². The molecule has 0 radical (unpaired) electrons. The van der Waals surface area contributed by atoms with E-state index in [1.54, 1.807) is 18.2 Å². The second kappa shape index (κ2) is 18.8. The molecule has 8 nitrogen and oxygen atoms in total. The van der Waals surface area contributed by atoms with E-state index in [2.05, 4.69) is 222 Å². The van der Waals surface area contributed by atoms with Gasteiger partial charge in [-0.15, -0.1) is 0 Å². The van der Waals surface area contributed by atoms with Crippen LogP contribution in [-0.4, -0.2) is 23.7 Å². The Bertz CT molecular complexity index is 4860. The zero-order valence-corrected chi connectivity index (χ0v) is 43.3. The summed E-state index contributed by atoms with van der Waals surface area (Å²) in [5, 5.41) is 7.03. The number of rotatable bonds is 8. The minimum atomic E-state index is 0.500. The molecule has 0 saturated carbocycles. The van der Waals surface area contributed by atoms with Crippen LogP contribution in [0.25, 0.3) is 153 Å². The summed E-state index contributed by atoms with van der Waals surface area (Å²) in [5.41, 5.74) is 19.1. The van der Waals surface area contributed by atoms with Crippen molar-refractivity contribution >= 4 is 82.5 Å². The Labute approximate surface area is 466 Å². The first kappa shape index (κ1) is 46.7. The van der Waals surface area contributed by atoms with E-state index in [-0.39, 0.29) is 0 Å². The van der Waals surface area contributed by atoms with Crippen molar-refractivity contribution in [3.8, 4) is 73.2 Å². The van der Waals surface area contributed by atoms with Crippen LogP contribution in [0, 0.1) is 19.7 Å². The molecule has 374 valence electrons. The maximum Gasteiger partial charge on any atom is 0.211 e. The first-order chi connectivity index (χ1) is 40.0. The van der Waals surface area contributed by atoms with Crippen LogP contribution in [0.3, 0.4) is 0 Å². The second-order valence-electron chi connectivity index (χ2n) is 20.2. The summed E-state index contributed by atoms with van der Waals surface area (Å²) < 4.78 is 7.01. The highest BCUT2D eigenvalue weighted by Crippen LogP contribution is 2.42. The zero-order chi connectivity index (χ0) is 54.1. The molecule has 0 unspecified atom stereocenters. The molecule has 0 bridgehead atoms. The van der Waals surface area contributed by atoms with E-state index >= 15 is 0 Å². The van der Waals surface area contributed by atoms with Crippen molar-refractivity contribution in [2.24, 2.45) is 0 Å². The molecule has 0 N–H and O–H groups in total. The molecular formula is C73H42N8. The normalized spacial score (nSPS) is 11.4. The van der Waals surface area contributed by atoms with Crippen LogP contribution in [-0.2, 0) is 0 Å². The molecule has 0 amide bonds. The molecule has 0 aliphatic carbocycles. The highest BCUT2D eigenvalue weighted by atomic mass is 15.0. The van der Waals surface area contributed by atoms with Gasteiger partial charge in [0.1, 0.15) is 0 Å². The molecule has 0 atom stereocenters. The van der Waals surface area contributed by atoms with E-state index in [0.717, 1.165) is 106 Å². The molecule has 0 aliphatic rings. The molecule has 4 heterocycles. The molecule has 11 aromatic carbocycles. The van der Waals surface area contributed by atoms with Crippen molar-refractivity contribution in [3.63, 3.8) is 0 Å². The summed E-state index contributed by atoms with van der Waals surface area (Å²) in [6.45, 7) is 23.9. The Balaban J connectivity index is 0.803. The first-order valence-electron chi connectivity index (χ1n) is 26.6. The Morgan fingerprint density at radius 2 is 0.679 bits per heavy atom. The van der Waals surface area contributed by atoms with E-state index in [0.29, 0.717) is 28.6 Å². The van der Waals surface area contributed by atoms with Gasteiger partial charge in [0.2, 0.25) is 5.69 Å². The molecule has 81 heavy (non-hydrogen) atoms. The lowest BCUT2D eigenvalue weighted by Crippen LogP contribution is -1.97. The fourth-order valence-corrected chi connectivity index (χ4v) is 11.9. The van der Waals surface area contributed by atoms with Gasteiger partial charge in [-0.2, -0.15) is 0 Å². The fraction of sp³-hybridized carbons (Fsp3) is 0. The highest BCUT2D eigenvalue weighted by molar-refractivity contribution is 6.14. The van der Waals surface area contributed by atoms with Gasteiger partial charge < -0.3 is 13.7 Å². The van der Waals surface area contributed by atoms with Gasteiger partial charge in [0.05, 0.1) is 69.9 Å². The van der Waals surface area contributed by atoms with Crippen LogP contribution in [0.5, 0.6) is 0 Å². The molecule has 4 aromatic heterocycles. The Hall–Kier alpha value is -11.6. The SMILES string of the molecule is [C-]#[N+]c1cccc(-c2cc(-c3ccc(-c4ccc(-c5ccc(-n6c7ccc(-n8c9ccccc9c9ccccc98)cc7c7cc(-n8c9ccccc9c9ccccc98)ccc76)c([N+]#[C-])c5)cc4)cc3)nc(-c3cccc([N+]#[C-])c3)n2)c1. The smallest absolute Gasteiger partial charge is 0.211 e. The lowest BCUT2D eigenvalue weighted by atomic mass is 9.98. The lowest BCUT2D eigenvalue weighted by Gasteiger charge is -2.14. The molecule has 0 saturated heterocycles. The number of hydrogen-bond acceptors (Lipinski definition) is 2. The van der Waals surface area contributed by atoms with Crippen molar-refractivity contribution in [1.29, 1.82) is 0 Å². The fourth-order valence-electron chi connectivity index (χ4n) is 11.9. The van der Waals surface area contributed by atoms with E-state index in [4.69, 9.17) is 29.7 Å². The van der Waals surface area contributed by atoms with Gasteiger partial charge in [-0.1, -0.05) is 164 Å². The van der Waals surface area contributed by atoms with Gasteiger partial charge in [-0.05, 0) is 119 Å². The zero-order valence-electron chi connectivity index (χ0n) is 43.3. The number of benzene rings is 11. The van der Waals surface area contributed by atoms with Gasteiger partial charge in [-0.3, -0.25) is 0 Å². The van der Waals surface area contributed by atoms with Crippen molar-refractivity contribution in [3.05, 3.63) is 289 Å². The summed E-state index contributed by atoms with van der Waals surface area (Å²) in [7, 11) is 0. The van der Waals surface area contributed by atoms with Crippen LogP contribution in [0.2, 0.25) is 0 Å². The van der Waals surface area contributed by atoms with Gasteiger partial charge in [0.25, 0.3) is 0 Å². The van der Waals surface area contributed by atoms with Crippen molar-refractivity contribution in [1.82, 2.24) is 23.7 Å². The molecular weight excluding hydrogens is 989 g/mol. The second-order valence-corrected chi connectivity index (χ2v) is 20.2. The number of nitrogens with zero attached hydrogens (tertiary/aromatic N) is 8. The van der Waals surface area contributed by atoms with Crippen molar-refractivity contribution in [2.75, 3.05) is 0 Å². The number of para-hydroxylation sites is 4. The van der Waals surface area contributed by atoms with E-state index in [1.807, 2.05) is 42.5 Å². The Morgan fingerprint density at radius 1 is 0.272 bits per heavy atom. The minimum absolute atomic E-state index is 0.500. The Morgan fingerprint density at radius 3 is 1.16 bits per heavy atom.